The molecular formula is C22H23N3O5S2. The zero-order valence-corrected chi connectivity index (χ0v) is 19.0. The van der Waals surface area contributed by atoms with E-state index in [9.17, 15) is 13.2 Å². The molecule has 0 saturated heterocycles. The van der Waals surface area contributed by atoms with Crippen molar-refractivity contribution in [3.05, 3.63) is 78.3 Å². The van der Waals surface area contributed by atoms with Crippen molar-refractivity contribution in [1.29, 1.82) is 0 Å². The first-order chi connectivity index (χ1) is 15.4. The lowest BCUT2D eigenvalue weighted by Gasteiger charge is -2.11. The van der Waals surface area contributed by atoms with Crippen molar-refractivity contribution in [2.75, 3.05) is 11.9 Å². The molecule has 168 valence electrons. The summed E-state index contributed by atoms with van der Waals surface area (Å²) in [4.78, 5) is 12.4. The van der Waals surface area contributed by atoms with Crippen LogP contribution in [0.3, 0.4) is 0 Å². The van der Waals surface area contributed by atoms with Crippen LogP contribution in [0, 0.1) is 0 Å². The lowest BCUT2D eigenvalue weighted by molar-refractivity contribution is 0.0977. The Morgan fingerprint density at radius 3 is 2.41 bits per heavy atom. The smallest absolute Gasteiger partial charge is 0.257 e. The Kier molecular flexibility index (Phi) is 7.98. The van der Waals surface area contributed by atoms with Gasteiger partial charge in [0.25, 0.3) is 5.91 Å². The second kappa shape index (κ2) is 10.9. The van der Waals surface area contributed by atoms with Gasteiger partial charge in [0.1, 0.15) is 11.5 Å². The normalized spacial score (nSPS) is 11.0. The second-order valence-electron chi connectivity index (χ2n) is 6.71. The maximum Gasteiger partial charge on any atom is 0.257 e. The van der Waals surface area contributed by atoms with E-state index in [4.69, 9.17) is 21.4 Å². The molecule has 0 unspecified atom stereocenters. The van der Waals surface area contributed by atoms with E-state index >= 15 is 0 Å². The zero-order chi connectivity index (χ0) is 23.0. The first-order valence-corrected chi connectivity index (χ1v) is 11.7. The summed E-state index contributed by atoms with van der Waals surface area (Å²) in [6, 6.07) is 16.1. The highest BCUT2D eigenvalue weighted by molar-refractivity contribution is 7.89. The number of nitrogens with one attached hydrogen (secondary N) is 3. The number of anilines is 1. The first-order valence-electron chi connectivity index (χ1n) is 9.84. The van der Waals surface area contributed by atoms with E-state index in [1.54, 1.807) is 48.5 Å². The van der Waals surface area contributed by atoms with Crippen molar-refractivity contribution in [3.8, 4) is 5.75 Å². The van der Waals surface area contributed by atoms with Crippen LogP contribution in [0.4, 0.5) is 5.69 Å². The number of furan rings is 1. The highest BCUT2D eigenvalue weighted by atomic mass is 32.2. The number of hydrogen-bond donors (Lipinski definition) is 3. The lowest BCUT2D eigenvalue weighted by Crippen LogP contribution is -2.34. The third kappa shape index (κ3) is 6.64. The number of benzene rings is 2. The average Bonchev–Trinajstić information content (AvgIpc) is 3.31. The minimum Gasteiger partial charge on any atom is -0.494 e. The Labute approximate surface area is 192 Å². The number of amides is 1. The molecular weight excluding hydrogens is 450 g/mol. The Morgan fingerprint density at radius 2 is 1.78 bits per heavy atom. The van der Waals surface area contributed by atoms with Gasteiger partial charge in [-0.05, 0) is 79.3 Å². The maximum absolute atomic E-state index is 12.4. The highest BCUT2D eigenvalue weighted by Gasteiger charge is 2.15. The van der Waals surface area contributed by atoms with Crippen LogP contribution < -0.4 is 20.1 Å². The van der Waals surface area contributed by atoms with Crippen LogP contribution >= 0.6 is 12.2 Å². The Balaban J connectivity index is 1.53. The molecule has 1 amide bonds. The van der Waals surface area contributed by atoms with Crippen molar-refractivity contribution in [3.63, 3.8) is 0 Å². The summed E-state index contributed by atoms with van der Waals surface area (Å²) < 4.78 is 37.8. The summed E-state index contributed by atoms with van der Waals surface area (Å²) in [5.41, 5.74) is 0.964. The number of carbonyl (C=O) groups is 1. The van der Waals surface area contributed by atoms with Crippen LogP contribution in [0.2, 0.25) is 0 Å². The number of hydrogen-bond acceptors (Lipinski definition) is 6. The summed E-state index contributed by atoms with van der Waals surface area (Å²) in [6.45, 7) is 2.68. The van der Waals surface area contributed by atoms with E-state index in [-0.39, 0.29) is 22.5 Å². The molecule has 1 aromatic heterocycles. The van der Waals surface area contributed by atoms with Gasteiger partial charge in [-0.15, -0.1) is 0 Å². The summed E-state index contributed by atoms with van der Waals surface area (Å²) in [5, 5.41) is 5.54. The van der Waals surface area contributed by atoms with Gasteiger partial charge in [0, 0.05) is 11.3 Å². The summed E-state index contributed by atoms with van der Waals surface area (Å²) in [5.74, 6) is 0.833. The van der Waals surface area contributed by atoms with Crippen LogP contribution in [0.25, 0.3) is 0 Å². The van der Waals surface area contributed by atoms with Crippen molar-refractivity contribution in [2.45, 2.75) is 24.8 Å². The van der Waals surface area contributed by atoms with Crippen LogP contribution in [-0.2, 0) is 16.6 Å². The minimum absolute atomic E-state index is 0.0527. The highest BCUT2D eigenvalue weighted by Crippen LogP contribution is 2.15. The molecule has 3 N–H and O–H groups in total. The fourth-order valence-electron chi connectivity index (χ4n) is 2.64. The second-order valence-corrected chi connectivity index (χ2v) is 8.88. The maximum atomic E-state index is 12.4. The molecule has 0 fully saturated rings. The predicted molar refractivity (Wildman–Crippen MR) is 125 cm³/mol. The number of ether oxygens (including phenoxy) is 1. The Morgan fingerprint density at radius 1 is 1.06 bits per heavy atom. The largest absolute Gasteiger partial charge is 0.494 e. The summed E-state index contributed by atoms with van der Waals surface area (Å²) in [7, 11) is -3.70. The number of carbonyl (C=O) groups excluding carboxylic acids is 1. The molecule has 0 aliphatic heterocycles. The quantitative estimate of drug-likeness (QED) is 0.407. The van der Waals surface area contributed by atoms with Crippen LogP contribution in [0.5, 0.6) is 5.75 Å². The summed E-state index contributed by atoms with van der Waals surface area (Å²) in [6.07, 6.45) is 2.37. The molecule has 2 aromatic carbocycles. The molecule has 0 aliphatic carbocycles. The van der Waals surface area contributed by atoms with Gasteiger partial charge < -0.3 is 14.5 Å². The van der Waals surface area contributed by atoms with Gasteiger partial charge in [-0.2, -0.15) is 0 Å². The van der Waals surface area contributed by atoms with Crippen molar-refractivity contribution in [1.82, 2.24) is 10.0 Å². The van der Waals surface area contributed by atoms with Crippen LogP contribution in [0.15, 0.2) is 76.2 Å². The number of sulfonamides is 1. The summed E-state index contributed by atoms with van der Waals surface area (Å²) >= 11 is 5.18. The fraction of sp³-hybridized carbons (Fsp3) is 0.182. The SMILES string of the molecule is CCCOc1ccc(C(=O)NC(=S)Nc2ccc(S(=O)(=O)NCc3ccco3)cc2)cc1. The molecule has 0 atom stereocenters. The lowest BCUT2D eigenvalue weighted by atomic mass is 10.2. The van der Waals surface area contributed by atoms with Crippen LogP contribution in [-0.4, -0.2) is 26.0 Å². The van der Waals surface area contributed by atoms with Crippen molar-refractivity contribution >= 4 is 38.9 Å². The molecule has 32 heavy (non-hydrogen) atoms. The van der Waals surface area contributed by atoms with E-state index in [1.807, 2.05) is 6.92 Å². The Hall–Kier alpha value is -3.21. The monoisotopic (exact) mass is 473 g/mol. The van der Waals surface area contributed by atoms with E-state index in [1.165, 1.54) is 18.4 Å². The standard InChI is InChI=1S/C22H23N3O5S2/c1-2-13-29-18-9-5-16(6-10-18)21(26)25-22(31)24-17-7-11-20(12-8-17)32(27,28)23-15-19-4-3-14-30-19/h3-12,14,23H,2,13,15H2,1H3,(H2,24,25,26,31). The van der Waals surface area contributed by atoms with Gasteiger partial charge in [-0.3, -0.25) is 10.1 Å². The molecule has 0 aliphatic rings. The van der Waals surface area contributed by atoms with Gasteiger partial charge in [-0.1, -0.05) is 6.92 Å². The first kappa shape index (κ1) is 23.5. The van der Waals surface area contributed by atoms with Gasteiger partial charge >= 0.3 is 0 Å². The van der Waals surface area contributed by atoms with Gasteiger partial charge in [-0.25, -0.2) is 13.1 Å². The van der Waals surface area contributed by atoms with E-state index in [0.29, 0.717) is 29.4 Å². The topological polar surface area (TPSA) is 110 Å². The van der Waals surface area contributed by atoms with Gasteiger partial charge in [0.05, 0.1) is 24.3 Å². The molecule has 0 spiro atoms. The zero-order valence-electron chi connectivity index (χ0n) is 17.3. The molecule has 10 heteroatoms. The van der Waals surface area contributed by atoms with Crippen LogP contribution in [0.1, 0.15) is 29.5 Å². The Bertz CT molecular complexity index is 1140. The third-order valence-corrected chi connectivity index (χ3v) is 5.88. The fourth-order valence-corrected chi connectivity index (χ4v) is 3.84. The van der Waals surface area contributed by atoms with Crippen molar-refractivity contribution < 1.29 is 22.4 Å². The van der Waals surface area contributed by atoms with E-state index < -0.39 is 10.0 Å². The molecule has 1 heterocycles. The molecule has 0 radical (unpaired) electrons. The third-order valence-electron chi connectivity index (χ3n) is 4.26. The average molecular weight is 474 g/mol. The van der Waals surface area contributed by atoms with Gasteiger partial charge in [0.15, 0.2) is 5.11 Å². The minimum atomic E-state index is -3.70. The molecule has 8 nitrogen and oxygen atoms in total. The van der Waals surface area contributed by atoms with Gasteiger partial charge in [0.2, 0.25) is 10.0 Å². The number of rotatable bonds is 9. The number of thiocarbonyl (C=S) groups is 1. The van der Waals surface area contributed by atoms with Crippen molar-refractivity contribution in [2.24, 2.45) is 0 Å². The van der Waals surface area contributed by atoms with E-state index in [0.717, 1.165) is 6.42 Å². The molecule has 3 aromatic rings. The molecule has 0 bridgehead atoms. The predicted octanol–water partition coefficient (Wildman–Crippen LogP) is 3.67. The van der Waals surface area contributed by atoms with E-state index in [2.05, 4.69) is 15.4 Å². The molecule has 3 rings (SSSR count). The molecule has 0 saturated carbocycles.